The second kappa shape index (κ2) is 4.97. The SMILES string of the molecule is CN(C)C1(C#N)CCCOc2cc(Cl)c(Cl)cc21. The van der Waals surface area contributed by atoms with Crippen LogP contribution in [0.3, 0.4) is 0 Å². The Bertz CT molecular complexity index is 510. The standard InChI is InChI=1S/C13H14Cl2N2O/c1-17(2)13(8-16)4-3-5-18-12-7-11(15)10(14)6-9(12)13/h6-7H,3-5H2,1-2H3. The van der Waals surface area contributed by atoms with Crippen molar-refractivity contribution in [3.8, 4) is 11.8 Å². The van der Waals surface area contributed by atoms with Crippen molar-refractivity contribution in [2.75, 3.05) is 20.7 Å². The van der Waals surface area contributed by atoms with Gasteiger partial charge in [-0.2, -0.15) is 5.26 Å². The number of ether oxygens (including phenoxy) is 1. The van der Waals surface area contributed by atoms with Crippen molar-refractivity contribution >= 4 is 23.2 Å². The van der Waals surface area contributed by atoms with Gasteiger partial charge in [0.05, 0.1) is 22.7 Å². The minimum Gasteiger partial charge on any atom is -0.493 e. The maximum Gasteiger partial charge on any atom is 0.138 e. The molecule has 1 atom stereocenters. The van der Waals surface area contributed by atoms with Crippen molar-refractivity contribution in [3.63, 3.8) is 0 Å². The fraction of sp³-hybridized carbons (Fsp3) is 0.462. The molecule has 0 fully saturated rings. The molecular weight excluding hydrogens is 271 g/mol. The molecule has 0 aromatic heterocycles. The molecule has 5 heteroatoms. The first-order chi connectivity index (χ1) is 8.51. The summed E-state index contributed by atoms with van der Waals surface area (Å²) in [5, 5.41) is 10.5. The third-order valence-electron chi connectivity index (χ3n) is 3.36. The molecule has 0 aliphatic carbocycles. The molecule has 0 radical (unpaired) electrons. The first-order valence-corrected chi connectivity index (χ1v) is 6.48. The van der Waals surface area contributed by atoms with E-state index in [0.29, 0.717) is 28.8 Å². The molecule has 0 N–H and O–H groups in total. The zero-order chi connectivity index (χ0) is 13.3. The Morgan fingerprint density at radius 1 is 1.33 bits per heavy atom. The second-order valence-corrected chi connectivity index (χ2v) is 5.40. The highest BCUT2D eigenvalue weighted by Gasteiger charge is 2.39. The Kier molecular flexibility index (Phi) is 3.72. The van der Waals surface area contributed by atoms with E-state index in [1.165, 1.54) is 0 Å². The molecule has 18 heavy (non-hydrogen) atoms. The first-order valence-electron chi connectivity index (χ1n) is 5.72. The van der Waals surface area contributed by atoms with Crippen LogP contribution in [0.5, 0.6) is 5.75 Å². The number of rotatable bonds is 1. The molecule has 96 valence electrons. The van der Waals surface area contributed by atoms with Gasteiger partial charge in [-0.15, -0.1) is 0 Å². The van der Waals surface area contributed by atoms with Gasteiger partial charge in [0, 0.05) is 11.6 Å². The highest BCUT2D eigenvalue weighted by molar-refractivity contribution is 6.42. The molecule has 1 unspecified atom stereocenters. The van der Waals surface area contributed by atoms with E-state index in [0.717, 1.165) is 12.0 Å². The molecule has 2 rings (SSSR count). The minimum absolute atomic E-state index is 0.447. The van der Waals surface area contributed by atoms with Gasteiger partial charge in [0.15, 0.2) is 0 Å². The van der Waals surface area contributed by atoms with Gasteiger partial charge in [0.25, 0.3) is 0 Å². The number of fused-ring (bicyclic) bond motifs is 1. The molecule has 0 bridgehead atoms. The number of nitriles is 1. The summed E-state index contributed by atoms with van der Waals surface area (Å²) in [4.78, 5) is 1.91. The molecular formula is C13H14Cl2N2O. The van der Waals surface area contributed by atoms with Crippen LogP contribution in [0.25, 0.3) is 0 Å². The Morgan fingerprint density at radius 3 is 2.61 bits per heavy atom. The number of benzene rings is 1. The average molecular weight is 285 g/mol. The van der Waals surface area contributed by atoms with E-state index in [2.05, 4.69) is 6.07 Å². The zero-order valence-electron chi connectivity index (χ0n) is 10.3. The van der Waals surface area contributed by atoms with E-state index >= 15 is 0 Å². The molecule has 0 amide bonds. The molecule has 1 aliphatic rings. The maximum atomic E-state index is 9.62. The zero-order valence-corrected chi connectivity index (χ0v) is 11.8. The Morgan fingerprint density at radius 2 is 2.00 bits per heavy atom. The van der Waals surface area contributed by atoms with Crippen molar-refractivity contribution < 1.29 is 4.74 Å². The number of hydrogen-bond donors (Lipinski definition) is 0. The minimum atomic E-state index is -0.708. The highest BCUT2D eigenvalue weighted by Crippen LogP contribution is 2.42. The average Bonchev–Trinajstić information content (AvgIpc) is 2.50. The van der Waals surface area contributed by atoms with Crippen LogP contribution in [-0.2, 0) is 5.54 Å². The van der Waals surface area contributed by atoms with Gasteiger partial charge in [0.2, 0.25) is 0 Å². The van der Waals surface area contributed by atoms with Gasteiger partial charge < -0.3 is 4.74 Å². The van der Waals surface area contributed by atoms with E-state index < -0.39 is 5.54 Å². The Labute approximate surface area is 117 Å². The van der Waals surface area contributed by atoms with Crippen molar-refractivity contribution in [1.29, 1.82) is 5.26 Å². The van der Waals surface area contributed by atoms with Crippen LogP contribution in [0.1, 0.15) is 18.4 Å². The van der Waals surface area contributed by atoms with E-state index in [4.69, 9.17) is 27.9 Å². The maximum absolute atomic E-state index is 9.62. The molecule has 0 saturated heterocycles. The highest BCUT2D eigenvalue weighted by atomic mass is 35.5. The first kappa shape index (κ1) is 13.5. The summed E-state index contributed by atoms with van der Waals surface area (Å²) in [6.07, 6.45) is 1.52. The predicted octanol–water partition coefficient (Wildman–Crippen LogP) is 3.45. The van der Waals surface area contributed by atoms with Crippen LogP contribution in [-0.4, -0.2) is 25.6 Å². The topological polar surface area (TPSA) is 36.3 Å². The van der Waals surface area contributed by atoms with Crippen LogP contribution in [0.4, 0.5) is 0 Å². The van der Waals surface area contributed by atoms with E-state index in [1.807, 2.05) is 19.0 Å². The summed E-state index contributed by atoms with van der Waals surface area (Å²) in [5.41, 5.74) is 0.0852. The lowest BCUT2D eigenvalue weighted by molar-refractivity contribution is 0.202. The van der Waals surface area contributed by atoms with Crippen molar-refractivity contribution in [2.45, 2.75) is 18.4 Å². The van der Waals surface area contributed by atoms with Crippen LogP contribution < -0.4 is 4.74 Å². The number of hydrogen-bond acceptors (Lipinski definition) is 3. The fourth-order valence-electron chi connectivity index (χ4n) is 2.30. The predicted molar refractivity (Wildman–Crippen MR) is 72.2 cm³/mol. The summed E-state index contributed by atoms with van der Waals surface area (Å²) in [7, 11) is 3.78. The number of halogens is 2. The third-order valence-corrected chi connectivity index (χ3v) is 4.08. The Hall–Kier alpha value is -0.950. The van der Waals surface area contributed by atoms with Crippen molar-refractivity contribution in [3.05, 3.63) is 27.7 Å². The fourth-order valence-corrected chi connectivity index (χ4v) is 2.61. The van der Waals surface area contributed by atoms with Gasteiger partial charge in [-0.05, 0) is 33.0 Å². The van der Waals surface area contributed by atoms with Crippen molar-refractivity contribution in [2.24, 2.45) is 0 Å². The largest absolute Gasteiger partial charge is 0.493 e. The van der Waals surface area contributed by atoms with E-state index in [9.17, 15) is 5.26 Å². The molecule has 1 aromatic rings. The quantitative estimate of drug-likeness (QED) is 0.793. The molecule has 0 saturated carbocycles. The van der Waals surface area contributed by atoms with Gasteiger partial charge >= 0.3 is 0 Å². The van der Waals surface area contributed by atoms with Gasteiger partial charge in [0.1, 0.15) is 11.3 Å². The van der Waals surface area contributed by atoms with Gasteiger partial charge in [-0.25, -0.2) is 0 Å². The van der Waals surface area contributed by atoms with Crippen molar-refractivity contribution in [1.82, 2.24) is 4.90 Å². The third kappa shape index (κ3) is 2.05. The smallest absolute Gasteiger partial charge is 0.138 e. The molecule has 1 aliphatic heterocycles. The Balaban J connectivity index is 2.68. The van der Waals surface area contributed by atoms with Crippen LogP contribution >= 0.6 is 23.2 Å². The number of nitrogens with zero attached hydrogens (tertiary/aromatic N) is 2. The lowest BCUT2D eigenvalue weighted by Crippen LogP contribution is -2.39. The van der Waals surface area contributed by atoms with Gasteiger partial charge in [-0.1, -0.05) is 23.2 Å². The lowest BCUT2D eigenvalue weighted by atomic mass is 9.85. The normalized spacial score (nSPS) is 22.9. The molecule has 1 aromatic carbocycles. The van der Waals surface area contributed by atoms with E-state index in [-0.39, 0.29) is 0 Å². The van der Waals surface area contributed by atoms with E-state index in [1.54, 1.807) is 12.1 Å². The summed E-state index contributed by atoms with van der Waals surface area (Å²) in [6.45, 7) is 0.586. The summed E-state index contributed by atoms with van der Waals surface area (Å²) in [6, 6.07) is 5.84. The molecule has 0 spiro atoms. The summed E-state index contributed by atoms with van der Waals surface area (Å²) in [5.74, 6) is 0.650. The van der Waals surface area contributed by atoms with Gasteiger partial charge in [-0.3, -0.25) is 4.90 Å². The van der Waals surface area contributed by atoms with Crippen LogP contribution in [0.2, 0.25) is 10.0 Å². The monoisotopic (exact) mass is 284 g/mol. The second-order valence-electron chi connectivity index (χ2n) is 4.58. The molecule has 1 heterocycles. The molecule has 3 nitrogen and oxygen atoms in total. The lowest BCUT2D eigenvalue weighted by Gasteiger charge is -2.33. The van der Waals surface area contributed by atoms with Crippen LogP contribution in [0.15, 0.2) is 12.1 Å². The van der Waals surface area contributed by atoms with Crippen LogP contribution in [0, 0.1) is 11.3 Å². The summed E-state index contributed by atoms with van der Waals surface area (Å²) < 4.78 is 5.67. The summed E-state index contributed by atoms with van der Waals surface area (Å²) >= 11 is 12.1.